The zero-order chi connectivity index (χ0) is 48.1. The normalized spacial score (nSPS) is 25.7. The van der Waals surface area contributed by atoms with Crippen molar-refractivity contribution in [3.05, 3.63) is 101 Å². The molecular weight excluding hydrogens is 846 g/mol. The molecule has 0 unspecified atom stereocenters. The van der Waals surface area contributed by atoms with Gasteiger partial charge in [0.25, 0.3) is 0 Å². The minimum Gasteiger partial charge on any atom is -0.465 e. The number of likely N-dealkylation sites (tertiary alicyclic amines) is 2. The average molecular weight is 910 g/mol. The molecule has 354 valence electrons. The first-order chi connectivity index (χ1) is 31.0. The van der Waals surface area contributed by atoms with E-state index in [1.54, 1.807) is 87.7 Å². The monoisotopic (exact) mass is 909 g/mol. The van der Waals surface area contributed by atoms with E-state index >= 15 is 0 Å². The third-order valence-corrected chi connectivity index (χ3v) is 14.7. The molecule has 0 spiro atoms. The van der Waals surface area contributed by atoms with E-state index < -0.39 is 75.6 Å². The summed E-state index contributed by atoms with van der Waals surface area (Å²) in [6.07, 6.45) is 2.66. The predicted molar refractivity (Wildman–Crippen MR) is 245 cm³/mol. The molecule has 3 aromatic rings. The quantitative estimate of drug-likeness (QED) is 0.109. The molecule has 3 aromatic carbocycles. The number of fused-ring (bicyclic) bond motifs is 2. The molecule has 4 fully saturated rings. The fourth-order valence-electron chi connectivity index (χ4n) is 11.6. The van der Waals surface area contributed by atoms with Crippen molar-refractivity contribution in [3.8, 4) is 0 Å². The van der Waals surface area contributed by atoms with Crippen LogP contribution < -0.4 is 27.0 Å². The number of hydrogen-bond donors (Lipinski definition) is 6. The summed E-state index contributed by atoms with van der Waals surface area (Å²) in [5, 5.41) is 24.3. The van der Waals surface area contributed by atoms with E-state index in [0.29, 0.717) is 55.6 Å². The Hall–Kier alpha value is -6.19. The highest BCUT2D eigenvalue weighted by atomic mass is 19.1. The third-order valence-electron chi connectivity index (χ3n) is 14.7. The largest absolute Gasteiger partial charge is 0.465 e. The van der Waals surface area contributed by atoms with Gasteiger partial charge in [0.1, 0.15) is 29.0 Å². The number of amides is 6. The molecular formula is C50H64FN7O8. The summed E-state index contributed by atoms with van der Waals surface area (Å²) in [6, 6.07) is 18.0. The Morgan fingerprint density at radius 1 is 0.636 bits per heavy atom. The molecule has 2 saturated heterocycles. The van der Waals surface area contributed by atoms with Crippen molar-refractivity contribution >= 4 is 41.5 Å². The van der Waals surface area contributed by atoms with Crippen molar-refractivity contribution in [1.82, 2.24) is 20.4 Å². The standard InChI is InChI=1S/C50H64FN7O8/c1-47(2,3)39(54-45(63)64)41(59)57-37-11-7-9-31(37)25-49(57,43(52)61)33-17-13-29(14-18-33)27-56(36-23-21-35(51)22-24-36)28-30-15-19-34(20-16-30)50(44(53)62)26-32-10-8-12-38(32)58(50)42(60)40(48(4,5)6)55-46(65)66/h13-24,31-32,37-40,54-55H,7-12,25-28H2,1-6H3,(H2,52,61)(H2,53,62)(H,63,64)(H,65,66)/t31-,32-,37-,38-,39+,40+,49-,50-/m0/s1. The van der Waals surface area contributed by atoms with Crippen LogP contribution in [0.3, 0.4) is 0 Å². The van der Waals surface area contributed by atoms with Crippen molar-refractivity contribution in [1.29, 1.82) is 0 Å². The number of hydrogen-bond acceptors (Lipinski definition) is 7. The fourth-order valence-corrected chi connectivity index (χ4v) is 11.6. The van der Waals surface area contributed by atoms with Gasteiger partial charge < -0.3 is 47.0 Å². The lowest BCUT2D eigenvalue weighted by atomic mass is 9.81. The Balaban J connectivity index is 1.19. The predicted octanol–water partition coefficient (Wildman–Crippen LogP) is 6.56. The number of anilines is 1. The van der Waals surface area contributed by atoms with Crippen molar-refractivity contribution in [2.45, 2.75) is 141 Å². The summed E-state index contributed by atoms with van der Waals surface area (Å²) in [7, 11) is 0. The number of carboxylic acid groups (broad SMARTS) is 2. The SMILES string of the molecule is CC(C)(C)[C@H](NC(=O)O)C(=O)N1[C@H]2CCC[C@H]2C[C@@]1(C(N)=O)c1ccc(CN(Cc2ccc([C@]3(C(N)=O)C[C@@H]4CCC[C@@H]4N3C(=O)[C@@H](NC(=O)O)C(C)(C)C)cc2)c2ccc(F)cc2)cc1. The molecule has 4 aliphatic rings. The van der Waals surface area contributed by atoms with Crippen molar-refractivity contribution in [2.24, 2.45) is 34.1 Å². The summed E-state index contributed by atoms with van der Waals surface area (Å²) in [4.78, 5) is 85.8. The van der Waals surface area contributed by atoms with Crippen molar-refractivity contribution in [3.63, 3.8) is 0 Å². The second kappa shape index (κ2) is 17.9. The van der Waals surface area contributed by atoms with Crippen LogP contribution in [0.25, 0.3) is 0 Å². The Labute approximate surface area is 385 Å². The number of nitrogens with one attached hydrogen (secondary N) is 2. The molecule has 15 nitrogen and oxygen atoms in total. The summed E-state index contributed by atoms with van der Waals surface area (Å²) in [5.41, 5.74) is 11.4. The maximum Gasteiger partial charge on any atom is 0.405 e. The van der Waals surface area contributed by atoms with E-state index in [-0.39, 0.29) is 23.9 Å². The molecule has 8 N–H and O–H groups in total. The molecule has 0 radical (unpaired) electrons. The lowest BCUT2D eigenvalue weighted by Crippen LogP contribution is -2.62. The van der Waals surface area contributed by atoms with Gasteiger partial charge in [-0.1, -0.05) is 103 Å². The number of primary amides is 2. The number of halogens is 1. The lowest BCUT2D eigenvalue weighted by molar-refractivity contribution is -0.150. The zero-order valence-corrected chi connectivity index (χ0v) is 38.7. The average Bonchev–Trinajstić information content (AvgIpc) is 4.02. The van der Waals surface area contributed by atoms with Gasteiger partial charge in [-0.25, -0.2) is 14.0 Å². The number of carbonyl (C=O) groups excluding carboxylic acids is 4. The first-order valence-corrected chi connectivity index (χ1v) is 22.9. The van der Waals surface area contributed by atoms with Crippen molar-refractivity contribution < 1.29 is 43.4 Å². The molecule has 8 atom stereocenters. The van der Waals surface area contributed by atoms with Crippen LogP contribution in [0.4, 0.5) is 19.7 Å². The van der Waals surface area contributed by atoms with E-state index in [1.807, 2.05) is 29.2 Å². The molecule has 2 aliphatic carbocycles. The topological polar surface area (TPSA) is 229 Å². The number of benzene rings is 3. The highest BCUT2D eigenvalue weighted by molar-refractivity contribution is 5.97. The van der Waals surface area contributed by atoms with E-state index in [1.165, 1.54) is 12.1 Å². The smallest absolute Gasteiger partial charge is 0.405 e. The summed E-state index contributed by atoms with van der Waals surface area (Å²) < 4.78 is 14.3. The number of nitrogens with two attached hydrogens (primary N) is 2. The molecule has 66 heavy (non-hydrogen) atoms. The second-order valence-electron chi connectivity index (χ2n) is 21.0. The maximum absolute atomic E-state index is 14.6. The molecule has 2 saturated carbocycles. The lowest BCUT2D eigenvalue weighted by Gasteiger charge is -2.43. The van der Waals surface area contributed by atoms with E-state index in [2.05, 4.69) is 10.6 Å². The fraction of sp³-hybridized carbons (Fsp3) is 0.520. The molecule has 0 bridgehead atoms. The van der Waals surface area contributed by atoms with Crippen LogP contribution in [0, 0.1) is 28.5 Å². The van der Waals surface area contributed by atoms with E-state index in [0.717, 1.165) is 36.8 Å². The van der Waals surface area contributed by atoms with Gasteiger partial charge in [0.2, 0.25) is 23.6 Å². The Bertz CT molecular complexity index is 2210. The van der Waals surface area contributed by atoms with E-state index in [4.69, 9.17) is 11.5 Å². The van der Waals surface area contributed by atoms with Crippen molar-refractivity contribution in [2.75, 3.05) is 4.90 Å². The van der Waals surface area contributed by atoms with Gasteiger partial charge >= 0.3 is 12.2 Å². The summed E-state index contributed by atoms with van der Waals surface area (Å²) in [5.74, 6) is -2.73. The Morgan fingerprint density at radius 2 is 1.00 bits per heavy atom. The van der Waals surface area contributed by atoms with E-state index in [9.17, 15) is 43.4 Å². The first-order valence-electron chi connectivity index (χ1n) is 22.9. The van der Waals surface area contributed by atoms with Gasteiger partial charge in [0, 0.05) is 30.9 Å². The number of rotatable bonds is 13. The van der Waals surface area contributed by atoms with Gasteiger partial charge in [0.15, 0.2) is 0 Å². The van der Waals surface area contributed by atoms with Gasteiger partial charge in [-0.2, -0.15) is 0 Å². The minimum atomic E-state index is -1.51. The van der Waals surface area contributed by atoms with Crippen LogP contribution in [0.5, 0.6) is 0 Å². The van der Waals surface area contributed by atoms with Crippen LogP contribution in [0.1, 0.15) is 115 Å². The maximum atomic E-state index is 14.6. The van der Waals surface area contributed by atoms with Gasteiger partial charge in [-0.3, -0.25) is 19.2 Å². The van der Waals surface area contributed by atoms with Crippen LogP contribution in [0.15, 0.2) is 72.8 Å². The molecule has 7 rings (SSSR count). The van der Waals surface area contributed by atoms with Crippen LogP contribution in [-0.2, 0) is 43.3 Å². The molecule has 2 aliphatic heterocycles. The number of carbonyl (C=O) groups is 6. The van der Waals surface area contributed by atoms with Crippen LogP contribution in [0.2, 0.25) is 0 Å². The third kappa shape index (κ3) is 8.78. The highest BCUT2D eigenvalue weighted by Gasteiger charge is 2.62. The van der Waals surface area contributed by atoms with Gasteiger partial charge in [0.05, 0.1) is 0 Å². The second-order valence-corrected chi connectivity index (χ2v) is 21.0. The highest BCUT2D eigenvalue weighted by Crippen LogP contribution is 2.54. The Kier molecular flexibility index (Phi) is 12.9. The van der Waals surface area contributed by atoms with Crippen LogP contribution in [-0.4, -0.2) is 80.0 Å². The van der Waals surface area contributed by atoms with Gasteiger partial charge in [-0.05, 0) is 108 Å². The minimum absolute atomic E-state index is 0.0102. The molecule has 16 heteroatoms. The molecule has 6 amide bonds. The number of nitrogens with zero attached hydrogens (tertiary/aromatic N) is 3. The van der Waals surface area contributed by atoms with Crippen LogP contribution >= 0.6 is 0 Å². The zero-order valence-electron chi connectivity index (χ0n) is 38.7. The summed E-state index contributed by atoms with van der Waals surface area (Å²) >= 11 is 0. The molecule has 2 heterocycles. The summed E-state index contributed by atoms with van der Waals surface area (Å²) in [6.45, 7) is 11.3. The molecule has 0 aromatic heterocycles. The first kappa shape index (κ1) is 47.8. The van der Waals surface area contributed by atoms with Gasteiger partial charge in [-0.15, -0.1) is 0 Å². The Morgan fingerprint density at radius 3 is 1.32 bits per heavy atom.